The highest BCUT2D eigenvalue weighted by molar-refractivity contribution is 5.66. The van der Waals surface area contributed by atoms with Crippen LogP contribution in [0, 0.1) is 0 Å². The number of aryl methyl sites for hydroxylation is 1. The second-order valence-electron chi connectivity index (χ2n) is 8.21. The topological polar surface area (TPSA) is 81.4 Å². The van der Waals surface area contributed by atoms with Gasteiger partial charge in [-0.05, 0) is 24.0 Å². The van der Waals surface area contributed by atoms with Crippen molar-refractivity contribution >= 4 is 5.97 Å². The first kappa shape index (κ1) is 32.6. The van der Waals surface area contributed by atoms with Crippen LogP contribution < -0.4 is 5.56 Å². The van der Waals surface area contributed by atoms with Crippen LogP contribution in [0.3, 0.4) is 0 Å². The summed E-state index contributed by atoms with van der Waals surface area (Å²) in [5, 5.41) is 8.32. The van der Waals surface area contributed by atoms with Crippen LogP contribution in [0.5, 0.6) is 0 Å². The Morgan fingerprint density at radius 1 is 1.00 bits per heavy atom. The predicted octanol–water partition coefficient (Wildman–Crippen LogP) is 5.55. The summed E-state index contributed by atoms with van der Waals surface area (Å²) in [4.78, 5) is 28.1. The van der Waals surface area contributed by atoms with Gasteiger partial charge in [-0.1, -0.05) is 80.9 Å². The molecule has 38 heavy (non-hydrogen) atoms. The smallest absolute Gasteiger partial charge is 0.302 e. The Balaban J connectivity index is 0.000000467. The van der Waals surface area contributed by atoms with Crippen molar-refractivity contribution in [2.45, 2.75) is 58.6 Å². The summed E-state index contributed by atoms with van der Waals surface area (Å²) in [6.07, 6.45) is 3.59. The van der Waals surface area contributed by atoms with Gasteiger partial charge in [-0.25, -0.2) is 18.2 Å². The second kappa shape index (κ2) is 18.7. The van der Waals surface area contributed by atoms with Crippen LogP contribution in [0.4, 0.5) is 13.2 Å². The van der Waals surface area contributed by atoms with Crippen LogP contribution in [0.25, 0.3) is 0 Å². The molecule has 0 aliphatic carbocycles. The maximum atomic E-state index is 13.2. The minimum atomic E-state index is -1.75. The number of aromatic nitrogens is 2. The van der Waals surface area contributed by atoms with Crippen molar-refractivity contribution in [3.63, 3.8) is 0 Å². The zero-order valence-electron chi connectivity index (χ0n) is 22.2. The van der Waals surface area contributed by atoms with Gasteiger partial charge >= 0.3 is 5.97 Å². The van der Waals surface area contributed by atoms with Gasteiger partial charge in [0.25, 0.3) is 5.56 Å². The fraction of sp³-hybridized carbons (Fsp3) is 0.414. The largest absolute Gasteiger partial charge is 0.460 e. The summed E-state index contributed by atoms with van der Waals surface area (Å²) >= 11 is 0. The molecule has 0 spiro atoms. The van der Waals surface area contributed by atoms with Crippen LogP contribution in [0.15, 0.2) is 71.8 Å². The highest BCUT2D eigenvalue weighted by Gasteiger charge is 2.20. The summed E-state index contributed by atoms with van der Waals surface area (Å²) in [6, 6.07) is 20.1. The molecule has 1 unspecified atom stereocenters. The van der Waals surface area contributed by atoms with Crippen molar-refractivity contribution in [3.05, 3.63) is 99.7 Å². The third kappa shape index (κ3) is 10.5. The number of carbonyl (C=O) groups is 1. The van der Waals surface area contributed by atoms with Crippen LogP contribution in [0.1, 0.15) is 62.0 Å². The first-order valence-electron chi connectivity index (χ1n) is 12.5. The molecule has 1 N–H and O–H groups in total. The highest BCUT2D eigenvalue weighted by atomic mass is 19.3. The molecule has 0 radical (unpaired) electrons. The molecule has 0 amide bonds. The van der Waals surface area contributed by atoms with Crippen molar-refractivity contribution in [2.75, 3.05) is 20.2 Å². The molecular formula is C29H37F3N2O4. The molecule has 1 heterocycles. The summed E-state index contributed by atoms with van der Waals surface area (Å²) < 4.78 is 37.3. The van der Waals surface area contributed by atoms with E-state index >= 15 is 0 Å². The highest BCUT2D eigenvalue weighted by Crippen LogP contribution is 2.25. The van der Waals surface area contributed by atoms with Crippen molar-refractivity contribution < 1.29 is 27.8 Å². The number of aliphatic hydroxyl groups excluding tert-OH is 1. The minimum absolute atomic E-state index is 0.0754. The molecule has 0 fully saturated rings. The molecule has 0 saturated heterocycles. The number of rotatable bonds is 10. The molecule has 0 saturated carbocycles. The van der Waals surface area contributed by atoms with Gasteiger partial charge in [-0.2, -0.15) is 0 Å². The standard InChI is InChI=1S/C22H24N2O.C6H11FO3.CH2F2/c1-3-11-19-20(4-2)23-16-24(22(19)25)21(17-12-7-5-8-13-17)18-14-9-6-10-15-18;1-5(9)10-6(4-7)2-3-8;2-1-3/h5-10,12-16,21H,3-4,11H2,1-2H3;6,8H,2-4H2,1H3;1H2. The predicted molar refractivity (Wildman–Crippen MR) is 142 cm³/mol. The van der Waals surface area contributed by atoms with Crippen molar-refractivity contribution in [2.24, 2.45) is 0 Å². The molecule has 3 aromatic rings. The monoisotopic (exact) mass is 534 g/mol. The molecule has 6 nitrogen and oxygen atoms in total. The summed E-state index contributed by atoms with van der Waals surface area (Å²) in [7, 11) is 0. The lowest BCUT2D eigenvalue weighted by molar-refractivity contribution is -0.147. The van der Waals surface area contributed by atoms with Gasteiger partial charge in [0.1, 0.15) is 12.8 Å². The number of alkyl halides is 3. The number of ether oxygens (including phenoxy) is 1. The molecular weight excluding hydrogens is 497 g/mol. The van der Waals surface area contributed by atoms with Gasteiger partial charge in [-0.15, -0.1) is 0 Å². The SMILES string of the molecule is CC(=O)OC(CF)CCO.CCCc1c(CC)ncn(C(c2ccccc2)c2ccccc2)c1=O.FCF. The number of hydrogen-bond acceptors (Lipinski definition) is 5. The van der Waals surface area contributed by atoms with E-state index in [0.717, 1.165) is 41.6 Å². The van der Waals surface area contributed by atoms with E-state index < -0.39 is 25.7 Å². The maximum Gasteiger partial charge on any atom is 0.302 e. The number of benzene rings is 2. The molecule has 0 bridgehead atoms. The number of halogens is 3. The summed E-state index contributed by atoms with van der Waals surface area (Å²) in [6.45, 7) is 2.71. The van der Waals surface area contributed by atoms with E-state index in [9.17, 15) is 22.8 Å². The summed E-state index contributed by atoms with van der Waals surface area (Å²) in [5.74, 6) is -0.517. The van der Waals surface area contributed by atoms with E-state index in [-0.39, 0.29) is 24.6 Å². The van der Waals surface area contributed by atoms with E-state index in [1.165, 1.54) is 6.92 Å². The maximum absolute atomic E-state index is 13.2. The molecule has 1 atom stereocenters. The number of aliphatic hydroxyl groups is 1. The molecule has 2 aromatic carbocycles. The van der Waals surface area contributed by atoms with Gasteiger partial charge in [-0.3, -0.25) is 14.2 Å². The van der Waals surface area contributed by atoms with Crippen molar-refractivity contribution in [1.82, 2.24) is 9.55 Å². The van der Waals surface area contributed by atoms with Gasteiger partial charge in [0.2, 0.25) is 6.93 Å². The summed E-state index contributed by atoms with van der Waals surface area (Å²) in [5.41, 5.74) is 4.02. The van der Waals surface area contributed by atoms with Crippen LogP contribution in [-0.4, -0.2) is 46.9 Å². The average Bonchev–Trinajstić information content (AvgIpc) is 2.92. The molecule has 9 heteroatoms. The van der Waals surface area contributed by atoms with Gasteiger partial charge in [0, 0.05) is 25.5 Å². The van der Waals surface area contributed by atoms with E-state index in [4.69, 9.17) is 5.11 Å². The molecule has 3 rings (SSSR count). The lowest BCUT2D eigenvalue weighted by Crippen LogP contribution is -2.30. The van der Waals surface area contributed by atoms with Gasteiger partial charge in [0.15, 0.2) is 0 Å². The lowest BCUT2D eigenvalue weighted by Gasteiger charge is -2.22. The molecule has 0 aliphatic heterocycles. The van der Waals surface area contributed by atoms with Crippen LogP contribution in [-0.2, 0) is 22.4 Å². The van der Waals surface area contributed by atoms with E-state index in [1.54, 1.807) is 10.9 Å². The fourth-order valence-electron chi connectivity index (χ4n) is 3.86. The van der Waals surface area contributed by atoms with Gasteiger partial charge < -0.3 is 9.84 Å². The van der Waals surface area contributed by atoms with E-state index in [0.29, 0.717) is 0 Å². The number of hydrogen-bond donors (Lipinski definition) is 1. The van der Waals surface area contributed by atoms with E-state index in [2.05, 4.69) is 47.8 Å². The third-order valence-electron chi connectivity index (χ3n) is 5.48. The Labute approximate surface area is 222 Å². The Hall–Kier alpha value is -3.46. The fourth-order valence-corrected chi connectivity index (χ4v) is 3.86. The molecule has 0 aliphatic rings. The molecule has 1 aromatic heterocycles. The number of nitrogens with zero attached hydrogens (tertiary/aromatic N) is 2. The average molecular weight is 535 g/mol. The molecule has 208 valence electrons. The first-order chi connectivity index (χ1) is 18.4. The zero-order chi connectivity index (χ0) is 28.3. The first-order valence-corrected chi connectivity index (χ1v) is 12.5. The minimum Gasteiger partial charge on any atom is -0.460 e. The van der Waals surface area contributed by atoms with Gasteiger partial charge in [0.05, 0.1) is 18.1 Å². The third-order valence-corrected chi connectivity index (χ3v) is 5.48. The Kier molecular flexibility index (Phi) is 16.1. The van der Waals surface area contributed by atoms with Crippen LogP contribution >= 0.6 is 0 Å². The lowest BCUT2D eigenvalue weighted by atomic mass is 9.98. The number of carbonyl (C=O) groups excluding carboxylic acids is 1. The Morgan fingerprint density at radius 3 is 1.92 bits per heavy atom. The van der Waals surface area contributed by atoms with E-state index in [1.807, 2.05) is 36.4 Å². The zero-order valence-corrected chi connectivity index (χ0v) is 22.2. The van der Waals surface area contributed by atoms with Crippen molar-refractivity contribution in [1.29, 1.82) is 0 Å². The van der Waals surface area contributed by atoms with Crippen molar-refractivity contribution in [3.8, 4) is 0 Å². The van der Waals surface area contributed by atoms with Crippen LogP contribution in [0.2, 0.25) is 0 Å². The Bertz CT molecular complexity index is 1070. The second-order valence-corrected chi connectivity index (χ2v) is 8.21. The number of esters is 1. The quantitative estimate of drug-likeness (QED) is 0.345. The Morgan fingerprint density at radius 2 is 1.53 bits per heavy atom. The normalized spacial score (nSPS) is 11.1.